The van der Waals surface area contributed by atoms with Gasteiger partial charge in [0.1, 0.15) is 0 Å². The van der Waals surface area contributed by atoms with Gasteiger partial charge in [0.05, 0.1) is 11.4 Å². The molecule has 0 N–H and O–H groups in total. The molecule has 5 nitrogen and oxygen atoms in total. The number of hydrogen-bond acceptors (Lipinski definition) is 5. The van der Waals surface area contributed by atoms with Crippen LogP contribution < -0.4 is 0 Å². The summed E-state index contributed by atoms with van der Waals surface area (Å²) in [6.45, 7) is 0. The maximum absolute atomic E-state index is 5.17. The van der Waals surface area contributed by atoms with Gasteiger partial charge in [0, 0.05) is 33.4 Å². The zero-order chi connectivity index (χ0) is 40.1. The first-order valence-electron chi connectivity index (χ1n) is 20.0. The van der Waals surface area contributed by atoms with E-state index in [9.17, 15) is 0 Å². The van der Waals surface area contributed by atoms with Crippen LogP contribution in [0.4, 0.5) is 0 Å². The van der Waals surface area contributed by atoms with Gasteiger partial charge in [-0.1, -0.05) is 200 Å². The Labute approximate surface area is 349 Å². The number of rotatable bonds is 9. The van der Waals surface area contributed by atoms with E-state index in [1.807, 2.05) is 60.7 Å². The van der Waals surface area contributed by atoms with Crippen molar-refractivity contribution < 1.29 is 0 Å². The smallest absolute Gasteiger partial charge is 0.164 e. The highest BCUT2D eigenvalue weighted by molar-refractivity contribution is 5.79. The van der Waals surface area contributed by atoms with Crippen LogP contribution in [0.2, 0.25) is 0 Å². The van der Waals surface area contributed by atoms with E-state index >= 15 is 0 Å². The molecule has 0 bridgehead atoms. The van der Waals surface area contributed by atoms with Crippen LogP contribution in [0.5, 0.6) is 0 Å². The van der Waals surface area contributed by atoms with Gasteiger partial charge in [0.25, 0.3) is 0 Å². The molecule has 2 heterocycles. The van der Waals surface area contributed by atoms with Crippen molar-refractivity contribution in [2.45, 2.75) is 0 Å². The Bertz CT molecular complexity index is 3060. The van der Waals surface area contributed by atoms with Crippen LogP contribution in [0.25, 0.3) is 101 Å². The van der Waals surface area contributed by atoms with Crippen LogP contribution in [-0.2, 0) is 0 Å². The lowest BCUT2D eigenvalue weighted by Gasteiger charge is -2.12. The Morgan fingerprint density at radius 3 is 0.967 bits per heavy atom. The molecule has 0 fully saturated rings. The molecule has 0 saturated heterocycles. The fraction of sp³-hybridized carbons (Fsp3) is 0. The Morgan fingerprint density at radius 1 is 0.167 bits per heavy atom. The molecule has 10 aromatic rings. The van der Waals surface area contributed by atoms with E-state index in [0.29, 0.717) is 23.3 Å². The Kier molecular flexibility index (Phi) is 9.88. The lowest BCUT2D eigenvalue weighted by molar-refractivity contribution is 1.07. The first-order chi connectivity index (χ1) is 29.7. The highest BCUT2D eigenvalue weighted by Crippen LogP contribution is 2.34. The van der Waals surface area contributed by atoms with Crippen molar-refractivity contribution >= 4 is 0 Å². The fourth-order valence-electron chi connectivity index (χ4n) is 7.44. The Hall–Kier alpha value is -8.15. The number of benzene rings is 8. The first kappa shape index (κ1) is 36.2. The van der Waals surface area contributed by atoms with E-state index < -0.39 is 0 Å². The lowest BCUT2D eigenvalue weighted by Crippen LogP contribution is -2.00. The summed E-state index contributed by atoms with van der Waals surface area (Å²) in [6.07, 6.45) is 0. The number of nitrogens with zero attached hydrogens (tertiary/aromatic N) is 5. The molecule has 0 atom stereocenters. The summed E-state index contributed by atoms with van der Waals surface area (Å²) < 4.78 is 0. The molecule has 0 spiro atoms. The minimum Gasteiger partial charge on any atom is -0.228 e. The molecular weight excluding hydrogens is 731 g/mol. The average molecular weight is 768 g/mol. The maximum atomic E-state index is 5.17. The highest BCUT2D eigenvalue weighted by Gasteiger charge is 2.15. The molecule has 2 aromatic heterocycles. The molecule has 5 heteroatoms. The average Bonchev–Trinajstić information content (AvgIpc) is 3.35. The molecule has 0 radical (unpaired) electrons. The second kappa shape index (κ2) is 16.4. The molecule has 60 heavy (non-hydrogen) atoms. The van der Waals surface area contributed by atoms with E-state index in [0.717, 1.165) is 72.6 Å². The van der Waals surface area contributed by atoms with Crippen molar-refractivity contribution in [1.82, 2.24) is 24.9 Å². The minimum absolute atomic E-state index is 0.605. The van der Waals surface area contributed by atoms with E-state index in [1.165, 1.54) is 5.56 Å². The van der Waals surface area contributed by atoms with Gasteiger partial charge in [0.15, 0.2) is 23.3 Å². The molecule has 0 aliphatic heterocycles. The Balaban J connectivity index is 1.03. The summed E-state index contributed by atoms with van der Waals surface area (Å²) >= 11 is 0. The van der Waals surface area contributed by atoms with Gasteiger partial charge in [-0.3, -0.25) is 0 Å². The molecule has 10 rings (SSSR count). The van der Waals surface area contributed by atoms with Gasteiger partial charge in [-0.05, 0) is 57.6 Å². The molecule has 0 unspecified atom stereocenters. The summed E-state index contributed by atoms with van der Waals surface area (Å²) in [4.78, 5) is 25.4. The molecule has 0 amide bonds. The van der Waals surface area contributed by atoms with Crippen LogP contribution in [0.15, 0.2) is 224 Å². The van der Waals surface area contributed by atoms with Crippen LogP contribution >= 0.6 is 0 Å². The zero-order valence-corrected chi connectivity index (χ0v) is 32.6. The van der Waals surface area contributed by atoms with Crippen LogP contribution in [0, 0.1) is 0 Å². The van der Waals surface area contributed by atoms with Crippen LogP contribution in [0.1, 0.15) is 0 Å². The van der Waals surface area contributed by atoms with Crippen molar-refractivity contribution in [1.29, 1.82) is 0 Å². The summed E-state index contributed by atoms with van der Waals surface area (Å²) in [5.41, 5.74) is 14.1. The summed E-state index contributed by atoms with van der Waals surface area (Å²) in [5, 5.41) is 0. The molecule has 282 valence electrons. The highest BCUT2D eigenvalue weighted by atomic mass is 15.0. The third kappa shape index (κ3) is 7.76. The van der Waals surface area contributed by atoms with Crippen molar-refractivity contribution in [2.24, 2.45) is 0 Å². The van der Waals surface area contributed by atoms with E-state index in [4.69, 9.17) is 24.9 Å². The molecule has 0 aliphatic carbocycles. The van der Waals surface area contributed by atoms with Gasteiger partial charge >= 0.3 is 0 Å². The van der Waals surface area contributed by atoms with E-state index in [-0.39, 0.29) is 0 Å². The molecular formula is C55H37N5. The van der Waals surface area contributed by atoms with Crippen molar-refractivity contribution in [2.75, 3.05) is 0 Å². The number of aromatic nitrogens is 5. The topological polar surface area (TPSA) is 64.5 Å². The molecule has 8 aromatic carbocycles. The largest absolute Gasteiger partial charge is 0.228 e. The second-order valence-corrected chi connectivity index (χ2v) is 14.6. The second-order valence-electron chi connectivity index (χ2n) is 14.6. The Morgan fingerprint density at radius 2 is 0.450 bits per heavy atom. The maximum Gasteiger partial charge on any atom is 0.164 e. The van der Waals surface area contributed by atoms with E-state index in [2.05, 4.69) is 164 Å². The van der Waals surface area contributed by atoms with Crippen molar-refractivity contribution in [3.8, 4) is 101 Å². The zero-order valence-electron chi connectivity index (χ0n) is 32.6. The van der Waals surface area contributed by atoms with Crippen LogP contribution in [-0.4, -0.2) is 24.9 Å². The molecule has 0 saturated carbocycles. The van der Waals surface area contributed by atoms with Crippen molar-refractivity contribution in [3.63, 3.8) is 0 Å². The normalized spacial score (nSPS) is 11.0. The summed E-state index contributed by atoms with van der Waals surface area (Å²) in [6, 6.07) is 77.0. The van der Waals surface area contributed by atoms with Gasteiger partial charge in [0.2, 0.25) is 0 Å². The monoisotopic (exact) mass is 767 g/mol. The predicted octanol–water partition coefficient (Wildman–Crippen LogP) is 13.7. The molecule has 0 aliphatic rings. The van der Waals surface area contributed by atoms with Gasteiger partial charge in [-0.25, -0.2) is 24.9 Å². The number of hydrogen-bond donors (Lipinski definition) is 0. The standard InChI is InChI=1S/C55H37N5/c1-5-16-38(17-6-1)40-30-32-43(33-31-40)52-56-50(41-20-9-3-10-21-41)37-51(57-52)47-27-13-25-45(34-47)46-26-15-29-49(36-46)55-59-53(42-22-11-4-12-23-42)58-54(60-55)48-28-14-24-44(35-48)39-18-7-2-8-19-39/h1-37H. The third-order valence-electron chi connectivity index (χ3n) is 10.6. The van der Waals surface area contributed by atoms with Gasteiger partial charge < -0.3 is 0 Å². The van der Waals surface area contributed by atoms with E-state index in [1.54, 1.807) is 0 Å². The van der Waals surface area contributed by atoms with Gasteiger partial charge in [-0.2, -0.15) is 0 Å². The third-order valence-corrected chi connectivity index (χ3v) is 10.6. The lowest BCUT2D eigenvalue weighted by atomic mass is 9.99. The predicted molar refractivity (Wildman–Crippen MR) is 244 cm³/mol. The van der Waals surface area contributed by atoms with Gasteiger partial charge in [-0.15, -0.1) is 0 Å². The quantitative estimate of drug-likeness (QED) is 0.146. The van der Waals surface area contributed by atoms with Crippen molar-refractivity contribution in [3.05, 3.63) is 224 Å². The minimum atomic E-state index is 0.605. The summed E-state index contributed by atoms with van der Waals surface area (Å²) in [7, 11) is 0. The fourth-order valence-corrected chi connectivity index (χ4v) is 7.44. The van der Waals surface area contributed by atoms with Crippen LogP contribution in [0.3, 0.4) is 0 Å². The summed E-state index contributed by atoms with van der Waals surface area (Å²) in [5.74, 6) is 2.52. The SMILES string of the molecule is c1ccc(-c2ccc(-c3nc(-c4ccccc4)cc(-c4cccc(-c5cccc(-c6nc(-c7ccccc7)nc(-c7cccc(-c8ccccc8)c7)n6)c5)c4)n3)cc2)cc1. The first-order valence-corrected chi connectivity index (χ1v) is 20.0.